The van der Waals surface area contributed by atoms with Crippen molar-refractivity contribution in [2.24, 2.45) is 0 Å². The molecule has 2 saturated heterocycles. The first-order chi connectivity index (χ1) is 13.1. The average Bonchev–Trinajstić information content (AvgIpc) is 3.19. The molecule has 4 N–H and O–H groups in total. The smallest absolute Gasteiger partial charge is 0.237 e. The maximum atomic E-state index is 12.3. The van der Waals surface area contributed by atoms with E-state index in [9.17, 15) is 9.59 Å². The third-order valence-electron chi connectivity index (χ3n) is 5.71. The van der Waals surface area contributed by atoms with Crippen molar-refractivity contribution in [3.63, 3.8) is 0 Å². The van der Waals surface area contributed by atoms with Crippen LogP contribution in [0.2, 0.25) is 0 Å². The van der Waals surface area contributed by atoms with Crippen LogP contribution in [0.25, 0.3) is 0 Å². The number of carbonyl (C=O) groups is 2. The third kappa shape index (κ3) is 4.51. The molecular weight excluding hydrogens is 348 g/mol. The second-order valence-corrected chi connectivity index (χ2v) is 7.83. The highest BCUT2D eigenvalue weighted by molar-refractivity contribution is 5.83. The Morgan fingerprint density at radius 2 is 2.11 bits per heavy atom. The molecule has 4 rings (SSSR count). The van der Waals surface area contributed by atoms with Crippen molar-refractivity contribution in [2.45, 2.75) is 69.4 Å². The molecule has 2 amide bonds. The van der Waals surface area contributed by atoms with Crippen molar-refractivity contribution in [1.82, 2.24) is 20.9 Å². The number of carbonyl (C=O) groups excluding carboxylic acids is 2. The van der Waals surface area contributed by atoms with Crippen molar-refractivity contribution in [1.29, 1.82) is 0 Å². The lowest BCUT2D eigenvalue weighted by Crippen LogP contribution is -2.58. The number of furan rings is 1. The second-order valence-electron chi connectivity index (χ2n) is 7.83. The van der Waals surface area contributed by atoms with E-state index >= 15 is 0 Å². The van der Waals surface area contributed by atoms with Gasteiger partial charge in [-0.2, -0.15) is 0 Å². The fourth-order valence-corrected chi connectivity index (χ4v) is 4.06. The molecule has 3 fully saturated rings. The van der Waals surface area contributed by atoms with E-state index in [1.54, 1.807) is 6.07 Å². The molecule has 1 aromatic rings. The highest BCUT2D eigenvalue weighted by Crippen LogP contribution is 2.26. The molecule has 0 spiro atoms. The Bertz CT molecular complexity index is 687. The second kappa shape index (κ2) is 8.00. The summed E-state index contributed by atoms with van der Waals surface area (Å²) in [4.78, 5) is 26.5. The molecule has 0 radical (unpaired) electrons. The van der Waals surface area contributed by atoms with Gasteiger partial charge in [0.15, 0.2) is 0 Å². The van der Waals surface area contributed by atoms with Gasteiger partial charge in [-0.1, -0.05) is 0 Å². The summed E-state index contributed by atoms with van der Waals surface area (Å²) in [5.74, 6) is 1.54. The molecule has 0 bridgehead atoms. The average molecular weight is 376 g/mol. The molecule has 8 nitrogen and oxygen atoms in total. The Morgan fingerprint density at radius 1 is 1.30 bits per heavy atom. The Hall–Kier alpha value is -1.90. The van der Waals surface area contributed by atoms with Crippen molar-refractivity contribution in [3.8, 4) is 0 Å². The lowest BCUT2D eigenvalue weighted by molar-refractivity contribution is -0.129. The number of amides is 2. The van der Waals surface area contributed by atoms with Gasteiger partial charge in [-0.3, -0.25) is 14.5 Å². The maximum Gasteiger partial charge on any atom is 0.237 e. The molecule has 1 aliphatic carbocycles. The molecule has 8 heteroatoms. The maximum absolute atomic E-state index is 12.3. The van der Waals surface area contributed by atoms with E-state index in [1.807, 2.05) is 6.07 Å². The summed E-state index contributed by atoms with van der Waals surface area (Å²) in [6.45, 7) is 1.87. The first-order valence-corrected chi connectivity index (χ1v) is 9.87. The van der Waals surface area contributed by atoms with E-state index in [0.29, 0.717) is 31.3 Å². The summed E-state index contributed by atoms with van der Waals surface area (Å²) < 4.78 is 5.51. The number of piperazine rings is 1. The number of aliphatic hydroxyl groups is 1. The molecule has 0 aromatic carbocycles. The predicted molar refractivity (Wildman–Crippen MR) is 97.6 cm³/mol. The molecule has 27 heavy (non-hydrogen) atoms. The zero-order chi connectivity index (χ0) is 18.8. The van der Waals surface area contributed by atoms with Gasteiger partial charge in [-0.05, 0) is 37.8 Å². The van der Waals surface area contributed by atoms with Gasteiger partial charge in [0.2, 0.25) is 11.8 Å². The van der Waals surface area contributed by atoms with Gasteiger partial charge < -0.3 is 25.5 Å². The molecule has 1 aromatic heterocycles. The Kier molecular flexibility index (Phi) is 5.47. The summed E-state index contributed by atoms with van der Waals surface area (Å²) in [5.41, 5.74) is 0. The van der Waals surface area contributed by atoms with Crippen LogP contribution >= 0.6 is 0 Å². The van der Waals surface area contributed by atoms with Crippen molar-refractivity contribution in [2.75, 3.05) is 13.1 Å². The summed E-state index contributed by atoms with van der Waals surface area (Å²) >= 11 is 0. The van der Waals surface area contributed by atoms with Crippen LogP contribution in [0, 0.1) is 0 Å². The van der Waals surface area contributed by atoms with Crippen LogP contribution in [0.3, 0.4) is 0 Å². The molecular formula is C19H28N4O4. The minimum absolute atomic E-state index is 0.0820. The number of aliphatic hydroxyl groups excluding tert-OH is 1. The first kappa shape index (κ1) is 18.5. The van der Waals surface area contributed by atoms with Crippen molar-refractivity contribution < 1.29 is 19.1 Å². The van der Waals surface area contributed by atoms with Crippen LogP contribution < -0.4 is 16.0 Å². The zero-order valence-electron chi connectivity index (χ0n) is 15.4. The topological polar surface area (TPSA) is 107 Å². The molecule has 3 unspecified atom stereocenters. The van der Waals surface area contributed by atoms with Crippen LogP contribution in [-0.2, 0) is 22.7 Å². The molecule has 3 aliphatic rings. The van der Waals surface area contributed by atoms with E-state index in [2.05, 4.69) is 20.9 Å². The largest absolute Gasteiger partial charge is 0.462 e. The number of nitrogens with zero attached hydrogens (tertiary/aromatic N) is 1. The van der Waals surface area contributed by atoms with Gasteiger partial charge in [-0.15, -0.1) is 0 Å². The van der Waals surface area contributed by atoms with Crippen molar-refractivity contribution >= 4 is 11.8 Å². The number of fused-ring (bicyclic) bond motifs is 1. The summed E-state index contributed by atoms with van der Waals surface area (Å²) in [7, 11) is 0. The predicted octanol–water partition coefficient (Wildman–Crippen LogP) is -0.138. The molecule has 2 aliphatic heterocycles. The van der Waals surface area contributed by atoms with Gasteiger partial charge in [0.1, 0.15) is 18.1 Å². The SMILES string of the molecule is O=C(CCC1CNC(=O)C2CC(NCc3ccc(CO)o3)CN12)NC1CC1. The van der Waals surface area contributed by atoms with Crippen LogP contribution in [0.4, 0.5) is 0 Å². The fraction of sp³-hybridized carbons (Fsp3) is 0.684. The lowest BCUT2D eigenvalue weighted by Gasteiger charge is -2.37. The lowest BCUT2D eigenvalue weighted by atomic mass is 10.0. The molecule has 148 valence electrons. The van der Waals surface area contributed by atoms with E-state index in [-0.39, 0.29) is 36.5 Å². The van der Waals surface area contributed by atoms with Gasteiger partial charge in [0.25, 0.3) is 0 Å². The van der Waals surface area contributed by atoms with Gasteiger partial charge >= 0.3 is 0 Å². The minimum atomic E-state index is -0.127. The quantitative estimate of drug-likeness (QED) is 0.503. The van der Waals surface area contributed by atoms with Crippen LogP contribution in [-0.4, -0.2) is 59.1 Å². The van der Waals surface area contributed by atoms with E-state index in [1.165, 1.54) is 0 Å². The van der Waals surface area contributed by atoms with E-state index in [0.717, 1.165) is 38.0 Å². The van der Waals surface area contributed by atoms with Gasteiger partial charge in [0, 0.05) is 37.6 Å². The van der Waals surface area contributed by atoms with Gasteiger partial charge in [-0.25, -0.2) is 0 Å². The monoisotopic (exact) mass is 376 g/mol. The van der Waals surface area contributed by atoms with Crippen LogP contribution in [0.1, 0.15) is 43.6 Å². The van der Waals surface area contributed by atoms with Crippen LogP contribution in [0.15, 0.2) is 16.5 Å². The van der Waals surface area contributed by atoms with Crippen LogP contribution in [0.5, 0.6) is 0 Å². The number of rotatable bonds is 8. The Balaban J connectivity index is 1.28. The summed E-state index contributed by atoms with van der Waals surface area (Å²) in [6.07, 6.45) is 4.23. The molecule has 1 saturated carbocycles. The Morgan fingerprint density at radius 3 is 2.85 bits per heavy atom. The fourth-order valence-electron chi connectivity index (χ4n) is 4.06. The summed E-state index contributed by atoms with van der Waals surface area (Å²) in [5, 5.41) is 18.6. The minimum Gasteiger partial charge on any atom is -0.462 e. The highest BCUT2D eigenvalue weighted by Gasteiger charge is 2.43. The first-order valence-electron chi connectivity index (χ1n) is 9.87. The summed E-state index contributed by atoms with van der Waals surface area (Å²) in [6, 6.07) is 4.29. The molecule has 3 atom stereocenters. The number of hydrogen-bond donors (Lipinski definition) is 4. The van der Waals surface area contributed by atoms with Crippen molar-refractivity contribution in [3.05, 3.63) is 23.7 Å². The normalized spacial score (nSPS) is 28.0. The molecule has 3 heterocycles. The van der Waals surface area contributed by atoms with E-state index in [4.69, 9.17) is 9.52 Å². The number of nitrogens with one attached hydrogen (secondary N) is 3. The zero-order valence-corrected chi connectivity index (χ0v) is 15.4. The standard InChI is InChI=1S/C19H28N4O4/c24-11-16-5-4-15(27-16)9-20-13-7-17-19(26)21-8-14(23(17)10-13)3-6-18(25)22-12-1-2-12/h4-5,12-14,17,20,24H,1-3,6-11H2,(H,21,26)(H,22,25). The Labute approximate surface area is 158 Å². The van der Waals surface area contributed by atoms with E-state index < -0.39 is 0 Å². The number of hydrogen-bond acceptors (Lipinski definition) is 6. The third-order valence-corrected chi connectivity index (χ3v) is 5.71. The van der Waals surface area contributed by atoms with Gasteiger partial charge in [0.05, 0.1) is 12.6 Å². The highest BCUT2D eigenvalue weighted by atomic mass is 16.4.